The summed E-state index contributed by atoms with van der Waals surface area (Å²) in [7, 11) is 1.68. The van der Waals surface area contributed by atoms with Crippen molar-refractivity contribution in [1.29, 1.82) is 0 Å². The summed E-state index contributed by atoms with van der Waals surface area (Å²) < 4.78 is 5.35. The van der Waals surface area contributed by atoms with Crippen LogP contribution in [0, 0.1) is 5.92 Å². The van der Waals surface area contributed by atoms with Gasteiger partial charge in [-0.25, -0.2) is 4.99 Å². The molecule has 3 rings (SSSR count). The molecule has 3 heteroatoms. The highest BCUT2D eigenvalue weighted by Crippen LogP contribution is 2.49. The Bertz CT molecular complexity index is 453. The quantitative estimate of drug-likeness (QED) is 0.784. The van der Waals surface area contributed by atoms with Crippen LogP contribution in [0.25, 0.3) is 0 Å². The van der Waals surface area contributed by atoms with E-state index >= 15 is 0 Å². The number of para-hydroxylation sites is 1. The fourth-order valence-corrected chi connectivity index (χ4v) is 3.02. The van der Waals surface area contributed by atoms with E-state index in [4.69, 9.17) is 10.5 Å². The first kappa shape index (κ1) is 9.70. The number of nitrogens with zero attached hydrogens (tertiary/aromatic N) is 1. The van der Waals surface area contributed by atoms with Crippen molar-refractivity contribution >= 4 is 11.5 Å². The Morgan fingerprint density at radius 1 is 1.31 bits per heavy atom. The predicted molar refractivity (Wildman–Crippen MR) is 64.4 cm³/mol. The first-order chi connectivity index (χ1) is 7.81. The van der Waals surface area contributed by atoms with Crippen molar-refractivity contribution in [1.82, 2.24) is 0 Å². The summed E-state index contributed by atoms with van der Waals surface area (Å²) in [6.07, 6.45) is 3.65. The summed E-state index contributed by atoms with van der Waals surface area (Å²) in [5.74, 6) is 2.65. The summed E-state index contributed by atoms with van der Waals surface area (Å²) in [4.78, 5) is 4.53. The second-order valence-electron chi connectivity index (χ2n) is 4.58. The van der Waals surface area contributed by atoms with Crippen LogP contribution < -0.4 is 10.5 Å². The molecule has 1 aliphatic carbocycles. The number of fused-ring (bicyclic) bond motifs is 3. The standard InChI is InChI=1S/C13H16N2O/c1-16-11-7-3-5-9-8-4-2-6-10(8)13(14)15-12(9)11/h3,5,7-8,10H,2,4,6H2,1H3,(H2,14,15). The third kappa shape index (κ3) is 1.24. The normalized spacial score (nSPS) is 26.9. The van der Waals surface area contributed by atoms with Gasteiger partial charge in [-0.05, 0) is 30.4 Å². The van der Waals surface area contributed by atoms with Crippen LogP contribution in [0.2, 0.25) is 0 Å². The van der Waals surface area contributed by atoms with Crippen LogP contribution in [0.1, 0.15) is 30.7 Å². The molecule has 2 aliphatic rings. The zero-order valence-electron chi connectivity index (χ0n) is 9.44. The molecule has 84 valence electrons. The van der Waals surface area contributed by atoms with Crippen molar-refractivity contribution < 1.29 is 4.74 Å². The van der Waals surface area contributed by atoms with Gasteiger partial charge in [0.1, 0.15) is 17.3 Å². The molecule has 0 radical (unpaired) electrons. The summed E-state index contributed by atoms with van der Waals surface area (Å²) in [6, 6.07) is 6.16. The maximum absolute atomic E-state index is 6.05. The van der Waals surface area contributed by atoms with E-state index in [-0.39, 0.29) is 0 Å². The molecule has 1 aromatic rings. The molecule has 0 spiro atoms. The fraction of sp³-hybridized carbons (Fsp3) is 0.462. The molecule has 1 aliphatic heterocycles. The van der Waals surface area contributed by atoms with Crippen LogP contribution >= 0.6 is 0 Å². The average Bonchev–Trinajstić information content (AvgIpc) is 2.78. The second-order valence-corrected chi connectivity index (χ2v) is 4.58. The highest BCUT2D eigenvalue weighted by atomic mass is 16.5. The Morgan fingerprint density at radius 2 is 2.12 bits per heavy atom. The summed E-state index contributed by atoms with van der Waals surface area (Å²) >= 11 is 0. The molecule has 3 nitrogen and oxygen atoms in total. The topological polar surface area (TPSA) is 47.6 Å². The molecule has 2 unspecified atom stereocenters. The van der Waals surface area contributed by atoms with E-state index < -0.39 is 0 Å². The van der Waals surface area contributed by atoms with Crippen LogP contribution in [-0.2, 0) is 0 Å². The van der Waals surface area contributed by atoms with Crippen molar-refractivity contribution in [3.8, 4) is 5.75 Å². The highest BCUT2D eigenvalue weighted by molar-refractivity contribution is 5.90. The molecule has 1 aromatic carbocycles. The maximum atomic E-state index is 6.05. The van der Waals surface area contributed by atoms with E-state index in [9.17, 15) is 0 Å². The van der Waals surface area contributed by atoms with Crippen molar-refractivity contribution in [2.24, 2.45) is 16.6 Å². The summed E-state index contributed by atoms with van der Waals surface area (Å²) in [5.41, 5.74) is 8.32. The van der Waals surface area contributed by atoms with Gasteiger partial charge < -0.3 is 10.5 Å². The first-order valence-electron chi connectivity index (χ1n) is 5.82. The van der Waals surface area contributed by atoms with Gasteiger partial charge in [0.2, 0.25) is 0 Å². The maximum Gasteiger partial charge on any atom is 0.144 e. The lowest BCUT2D eigenvalue weighted by molar-refractivity contribution is 0.414. The minimum atomic E-state index is 0.458. The molecule has 0 aromatic heterocycles. The molecule has 1 saturated carbocycles. The number of amidine groups is 1. The Kier molecular flexibility index (Phi) is 2.13. The Hall–Kier alpha value is -1.51. The largest absolute Gasteiger partial charge is 0.494 e. The monoisotopic (exact) mass is 216 g/mol. The van der Waals surface area contributed by atoms with Gasteiger partial charge in [-0.2, -0.15) is 0 Å². The van der Waals surface area contributed by atoms with Gasteiger partial charge in [0.05, 0.1) is 7.11 Å². The Balaban J connectivity index is 2.17. The zero-order valence-corrected chi connectivity index (χ0v) is 9.44. The van der Waals surface area contributed by atoms with E-state index in [2.05, 4.69) is 11.1 Å². The molecular weight excluding hydrogens is 200 g/mol. The summed E-state index contributed by atoms with van der Waals surface area (Å²) in [5, 5.41) is 0. The third-order valence-corrected chi connectivity index (χ3v) is 3.79. The number of hydrogen-bond donors (Lipinski definition) is 1. The zero-order chi connectivity index (χ0) is 11.1. The van der Waals surface area contributed by atoms with Crippen LogP contribution in [0.4, 0.5) is 5.69 Å². The predicted octanol–water partition coefficient (Wildman–Crippen LogP) is 2.58. The minimum absolute atomic E-state index is 0.458. The molecule has 0 saturated heterocycles. The molecule has 1 heterocycles. The van der Waals surface area contributed by atoms with Gasteiger partial charge in [-0.15, -0.1) is 0 Å². The number of ether oxygens (including phenoxy) is 1. The van der Waals surface area contributed by atoms with Gasteiger partial charge >= 0.3 is 0 Å². The van der Waals surface area contributed by atoms with Gasteiger partial charge in [0, 0.05) is 5.92 Å². The van der Waals surface area contributed by atoms with Crippen LogP contribution in [0.3, 0.4) is 0 Å². The molecule has 16 heavy (non-hydrogen) atoms. The number of rotatable bonds is 1. The Labute approximate surface area is 95.3 Å². The van der Waals surface area contributed by atoms with Crippen molar-refractivity contribution in [2.75, 3.05) is 7.11 Å². The molecule has 0 bridgehead atoms. The first-order valence-corrected chi connectivity index (χ1v) is 5.82. The number of nitrogens with two attached hydrogens (primary N) is 1. The van der Waals surface area contributed by atoms with E-state index in [1.807, 2.05) is 12.1 Å². The number of methoxy groups -OCH3 is 1. The number of hydrogen-bond acceptors (Lipinski definition) is 3. The lowest BCUT2D eigenvalue weighted by Crippen LogP contribution is -2.28. The smallest absolute Gasteiger partial charge is 0.144 e. The molecule has 0 amide bonds. The lowest BCUT2D eigenvalue weighted by atomic mass is 9.85. The average molecular weight is 216 g/mol. The fourth-order valence-electron chi connectivity index (χ4n) is 3.02. The van der Waals surface area contributed by atoms with Gasteiger partial charge in [0.15, 0.2) is 0 Å². The molecule has 2 N–H and O–H groups in total. The van der Waals surface area contributed by atoms with E-state index in [1.54, 1.807) is 7.11 Å². The minimum Gasteiger partial charge on any atom is -0.494 e. The number of benzene rings is 1. The van der Waals surface area contributed by atoms with Crippen molar-refractivity contribution in [3.05, 3.63) is 23.8 Å². The van der Waals surface area contributed by atoms with E-state index in [0.29, 0.717) is 11.8 Å². The highest BCUT2D eigenvalue weighted by Gasteiger charge is 2.36. The van der Waals surface area contributed by atoms with Crippen LogP contribution in [-0.4, -0.2) is 12.9 Å². The van der Waals surface area contributed by atoms with Gasteiger partial charge in [-0.1, -0.05) is 18.6 Å². The van der Waals surface area contributed by atoms with Crippen molar-refractivity contribution in [2.45, 2.75) is 25.2 Å². The van der Waals surface area contributed by atoms with Crippen LogP contribution in [0.15, 0.2) is 23.2 Å². The lowest BCUT2D eigenvalue weighted by Gasteiger charge is -2.26. The van der Waals surface area contributed by atoms with E-state index in [1.165, 1.54) is 24.8 Å². The molecule has 2 atom stereocenters. The second kappa shape index (κ2) is 3.51. The molecule has 1 fully saturated rings. The van der Waals surface area contributed by atoms with Gasteiger partial charge in [-0.3, -0.25) is 0 Å². The third-order valence-electron chi connectivity index (χ3n) is 3.79. The van der Waals surface area contributed by atoms with Gasteiger partial charge in [0.25, 0.3) is 0 Å². The van der Waals surface area contributed by atoms with E-state index in [0.717, 1.165) is 17.3 Å². The van der Waals surface area contributed by atoms with Crippen LogP contribution in [0.5, 0.6) is 5.75 Å². The molecular formula is C13H16N2O. The van der Waals surface area contributed by atoms with Crippen molar-refractivity contribution in [3.63, 3.8) is 0 Å². The number of aliphatic imine (C=N–C) groups is 1. The Morgan fingerprint density at radius 3 is 2.94 bits per heavy atom. The summed E-state index contributed by atoms with van der Waals surface area (Å²) in [6.45, 7) is 0. The SMILES string of the molecule is COc1cccc2c1N=C(N)C1CCCC21.